The maximum absolute atomic E-state index is 9.10. The van der Waals surface area contributed by atoms with E-state index in [2.05, 4.69) is 58.3 Å². The Kier molecular flexibility index (Phi) is 7.69. The number of rotatable bonds is 5. The van der Waals surface area contributed by atoms with Crippen LogP contribution < -0.4 is 14.2 Å². The zero-order valence-corrected chi connectivity index (χ0v) is 19.5. The molecule has 0 atom stereocenters. The number of aliphatic carboxylic acids is 2. The van der Waals surface area contributed by atoms with E-state index < -0.39 is 11.9 Å². The second-order valence-electron chi connectivity index (χ2n) is 8.32. The third-order valence-electron chi connectivity index (χ3n) is 6.09. The van der Waals surface area contributed by atoms with E-state index in [1.54, 1.807) is 7.11 Å². The first-order chi connectivity index (χ1) is 16.9. The number of benzene rings is 3. The third-order valence-corrected chi connectivity index (χ3v) is 6.09. The summed E-state index contributed by atoms with van der Waals surface area (Å²) in [6, 6.07) is 19.1. The molecular weight excluding hydrogens is 452 g/mol. The minimum absolute atomic E-state index is 0.328. The van der Waals surface area contributed by atoms with Crippen molar-refractivity contribution in [3.05, 3.63) is 65.7 Å². The number of hydrogen-bond donors (Lipinski definition) is 2. The van der Waals surface area contributed by atoms with Gasteiger partial charge in [-0.25, -0.2) is 9.59 Å². The van der Waals surface area contributed by atoms with Crippen LogP contribution in [-0.2, 0) is 22.7 Å². The van der Waals surface area contributed by atoms with Gasteiger partial charge in [-0.2, -0.15) is 0 Å². The number of fused-ring (bicyclic) bond motifs is 2. The van der Waals surface area contributed by atoms with E-state index in [-0.39, 0.29) is 0 Å². The van der Waals surface area contributed by atoms with Gasteiger partial charge in [0.1, 0.15) is 5.75 Å². The molecule has 5 rings (SSSR count). The highest BCUT2D eigenvalue weighted by atomic mass is 16.7. The van der Waals surface area contributed by atoms with Gasteiger partial charge in [-0.15, -0.1) is 0 Å². The lowest BCUT2D eigenvalue weighted by molar-refractivity contribution is -0.159. The van der Waals surface area contributed by atoms with Crippen molar-refractivity contribution in [2.45, 2.75) is 13.1 Å². The molecular formula is C26H28N2O7. The standard InChI is InChI=1S/C24H26N2O3.C2H2O4/c1-27-22-9-7-19-4-2-3-5-20(19)21(22)16-26-12-10-25(11-13-26)15-18-6-8-23-24(14-18)29-17-28-23;3-1(4)2(5)6/h2-9,14H,10-13,15-17H2,1H3;(H,3,4)(H,5,6). The minimum atomic E-state index is -1.82. The summed E-state index contributed by atoms with van der Waals surface area (Å²) in [5, 5.41) is 17.3. The van der Waals surface area contributed by atoms with Gasteiger partial charge in [-0.05, 0) is 34.5 Å². The zero-order chi connectivity index (χ0) is 24.8. The van der Waals surface area contributed by atoms with Crippen molar-refractivity contribution < 1.29 is 34.0 Å². The highest BCUT2D eigenvalue weighted by Crippen LogP contribution is 2.33. The number of carboxylic acid groups (broad SMARTS) is 2. The molecule has 0 spiro atoms. The molecule has 1 fully saturated rings. The first kappa shape index (κ1) is 24.3. The fraction of sp³-hybridized carbons (Fsp3) is 0.308. The molecule has 0 amide bonds. The number of methoxy groups -OCH3 is 1. The first-order valence-corrected chi connectivity index (χ1v) is 11.3. The number of nitrogens with zero attached hydrogens (tertiary/aromatic N) is 2. The quantitative estimate of drug-likeness (QED) is 0.533. The Morgan fingerprint density at radius 3 is 2.20 bits per heavy atom. The molecule has 0 aliphatic carbocycles. The predicted molar refractivity (Wildman–Crippen MR) is 129 cm³/mol. The summed E-state index contributed by atoms with van der Waals surface area (Å²) in [5.74, 6) is -0.955. The van der Waals surface area contributed by atoms with Crippen LogP contribution in [0.2, 0.25) is 0 Å². The second-order valence-corrected chi connectivity index (χ2v) is 8.32. The Morgan fingerprint density at radius 2 is 1.51 bits per heavy atom. The molecule has 2 N–H and O–H groups in total. The first-order valence-electron chi connectivity index (χ1n) is 11.3. The van der Waals surface area contributed by atoms with Crippen LogP contribution in [0.1, 0.15) is 11.1 Å². The van der Waals surface area contributed by atoms with E-state index in [9.17, 15) is 0 Å². The van der Waals surface area contributed by atoms with Crippen molar-refractivity contribution in [3.63, 3.8) is 0 Å². The molecule has 0 radical (unpaired) electrons. The molecule has 184 valence electrons. The Morgan fingerprint density at radius 1 is 0.857 bits per heavy atom. The number of carbonyl (C=O) groups is 2. The summed E-state index contributed by atoms with van der Waals surface area (Å²) in [6.45, 7) is 6.41. The Hall–Kier alpha value is -3.82. The molecule has 2 aliphatic heterocycles. The summed E-state index contributed by atoms with van der Waals surface area (Å²) in [4.78, 5) is 23.2. The SMILES string of the molecule is COc1ccc2ccccc2c1CN1CCN(Cc2ccc3c(c2)OCO3)CC1.O=C(O)C(=O)O. The summed E-state index contributed by atoms with van der Waals surface area (Å²) in [5.41, 5.74) is 2.56. The molecule has 2 heterocycles. The fourth-order valence-corrected chi connectivity index (χ4v) is 4.30. The predicted octanol–water partition coefficient (Wildman–Crippen LogP) is 3.05. The monoisotopic (exact) mass is 480 g/mol. The molecule has 0 unspecified atom stereocenters. The minimum Gasteiger partial charge on any atom is -0.496 e. The van der Waals surface area contributed by atoms with Gasteiger partial charge in [0, 0.05) is 44.8 Å². The average Bonchev–Trinajstić information content (AvgIpc) is 3.34. The van der Waals surface area contributed by atoms with Gasteiger partial charge in [0.2, 0.25) is 6.79 Å². The van der Waals surface area contributed by atoms with Crippen LogP contribution in [0.15, 0.2) is 54.6 Å². The van der Waals surface area contributed by atoms with Gasteiger partial charge in [-0.3, -0.25) is 9.80 Å². The largest absolute Gasteiger partial charge is 0.496 e. The third kappa shape index (κ3) is 6.00. The molecule has 3 aromatic rings. The molecule has 2 aliphatic rings. The number of piperazine rings is 1. The smallest absolute Gasteiger partial charge is 0.414 e. The number of ether oxygens (including phenoxy) is 3. The highest BCUT2D eigenvalue weighted by Gasteiger charge is 2.21. The average molecular weight is 481 g/mol. The van der Waals surface area contributed by atoms with E-state index in [4.69, 9.17) is 34.0 Å². The van der Waals surface area contributed by atoms with E-state index in [0.717, 1.165) is 56.5 Å². The van der Waals surface area contributed by atoms with Crippen molar-refractivity contribution in [1.29, 1.82) is 0 Å². The summed E-state index contributed by atoms with van der Waals surface area (Å²) in [6.07, 6.45) is 0. The normalized spacial score (nSPS) is 15.3. The number of carboxylic acids is 2. The summed E-state index contributed by atoms with van der Waals surface area (Å²) >= 11 is 0. The van der Waals surface area contributed by atoms with Crippen LogP contribution in [-0.4, -0.2) is 72.0 Å². The van der Waals surface area contributed by atoms with Crippen molar-refractivity contribution in [3.8, 4) is 17.2 Å². The second kappa shape index (κ2) is 11.1. The maximum atomic E-state index is 9.10. The van der Waals surface area contributed by atoms with Crippen LogP contribution >= 0.6 is 0 Å². The number of hydrogen-bond acceptors (Lipinski definition) is 7. The highest BCUT2D eigenvalue weighted by molar-refractivity contribution is 6.27. The molecule has 0 bridgehead atoms. The van der Waals surface area contributed by atoms with Gasteiger partial charge in [-0.1, -0.05) is 36.4 Å². The van der Waals surface area contributed by atoms with Crippen LogP contribution in [0.4, 0.5) is 0 Å². The van der Waals surface area contributed by atoms with Gasteiger partial charge in [0.05, 0.1) is 7.11 Å². The lowest BCUT2D eigenvalue weighted by Crippen LogP contribution is -2.45. The molecule has 9 heteroatoms. The van der Waals surface area contributed by atoms with E-state index in [1.807, 2.05) is 6.07 Å². The molecule has 0 saturated carbocycles. The van der Waals surface area contributed by atoms with Crippen LogP contribution in [0.3, 0.4) is 0 Å². The van der Waals surface area contributed by atoms with E-state index in [1.165, 1.54) is 21.9 Å². The van der Waals surface area contributed by atoms with Gasteiger partial charge in [0.25, 0.3) is 0 Å². The van der Waals surface area contributed by atoms with E-state index in [0.29, 0.717) is 6.79 Å². The van der Waals surface area contributed by atoms with Gasteiger partial charge >= 0.3 is 11.9 Å². The van der Waals surface area contributed by atoms with Crippen molar-refractivity contribution >= 4 is 22.7 Å². The molecule has 1 saturated heterocycles. The zero-order valence-electron chi connectivity index (χ0n) is 19.5. The maximum Gasteiger partial charge on any atom is 0.414 e. The Balaban J connectivity index is 0.000000431. The lowest BCUT2D eigenvalue weighted by atomic mass is 10.0. The summed E-state index contributed by atoms with van der Waals surface area (Å²) < 4.78 is 16.6. The fourth-order valence-electron chi connectivity index (χ4n) is 4.30. The van der Waals surface area contributed by atoms with Gasteiger partial charge < -0.3 is 24.4 Å². The Labute approximate surface area is 203 Å². The molecule has 3 aromatic carbocycles. The van der Waals surface area contributed by atoms with Gasteiger partial charge in [0.15, 0.2) is 11.5 Å². The van der Waals surface area contributed by atoms with Crippen LogP contribution in [0.5, 0.6) is 17.2 Å². The van der Waals surface area contributed by atoms with Crippen molar-refractivity contribution in [1.82, 2.24) is 9.80 Å². The Bertz CT molecular complexity index is 1190. The van der Waals surface area contributed by atoms with Crippen molar-refractivity contribution in [2.75, 3.05) is 40.1 Å². The van der Waals surface area contributed by atoms with Crippen LogP contribution in [0, 0.1) is 0 Å². The summed E-state index contributed by atoms with van der Waals surface area (Å²) in [7, 11) is 1.76. The molecule has 35 heavy (non-hydrogen) atoms. The van der Waals surface area contributed by atoms with Crippen molar-refractivity contribution in [2.24, 2.45) is 0 Å². The molecule has 0 aromatic heterocycles. The molecule has 9 nitrogen and oxygen atoms in total. The lowest BCUT2D eigenvalue weighted by Gasteiger charge is -2.35. The van der Waals surface area contributed by atoms with Crippen LogP contribution in [0.25, 0.3) is 10.8 Å². The van der Waals surface area contributed by atoms with E-state index >= 15 is 0 Å². The topological polar surface area (TPSA) is 109 Å².